The number of carbonyl (C=O) groups is 1. The van der Waals surface area contributed by atoms with Gasteiger partial charge in [-0.2, -0.15) is 0 Å². The molecule has 1 saturated carbocycles. The van der Waals surface area contributed by atoms with Crippen LogP contribution in [-0.4, -0.2) is 10.5 Å². The van der Waals surface area contributed by atoms with Crippen LogP contribution in [-0.2, 0) is 23.2 Å². The standard InChI is InChI=1S/C31H33N3O.BrH/c1-24-33(20-19-25-11-5-2-6-12-25)21-22-34(24)29-18-17-28(23-29)31(30(32)35,26-13-7-3-8-14-26)27-15-9-4-10-16-27;/h2-16,21-22,28-29H,17-20,23H2,1H3,(H-,32,35);1H/t28-,29-;/m0./s1. The monoisotopic (exact) mass is 543 g/mol. The summed E-state index contributed by atoms with van der Waals surface area (Å²) < 4.78 is 4.75. The van der Waals surface area contributed by atoms with Gasteiger partial charge in [0.15, 0.2) is 0 Å². The van der Waals surface area contributed by atoms with Crippen molar-refractivity contribution in [1.82, 2.24) is 4.57 Å². The van der Waals surface area contributed by atoms with Crippen LogP contribution in [0, 0.1) is 12.8 Å². The van der Waals surface area contributed by atoms with Gasteiger partial charge in [-0.3, -0.25) is 4.79 Å². The van der Waals surface area contributed by atoms with Gasteiger partial charge >= 0.3 is 0 Å². The maximum Gasteiger partial charge on any atom is 0.253 e. The van der Waals surface area contributed by atoms with E-state index in [0.29, 0.717) is 6.04 Å². The fourth-order valence-corrected chi connectivity index (χ4v) is 6.16. The van der Waals surface area contributed by atoms with E-state index in [0.717, 1.165) is 43.4 Å². The first-order chi connectivity index (χ1) is 17.1. The molecule has 1 heterocycles. The topological polar surface area (TPSA) is 51.9 Å². The number of carbonyl (C=O) groups excluding carboxylic acids is 1. The molecule has 2 N–H and O–H groups in total. The molecule has 0 bridgehead atoms. The van der Waals surface area contributed by atoms with Gasteiger partial charge in [0, 0.05) is 13.3 Å². The minimum atomic E-state index is -0.832. The largest absolute Gasteiger partial charge is 1.00 e. The first-order valence-electron chi connectivity index (χ1n) is 12.6. The van der Waals surface area contributed by atoms with Gasteiger partial charge in [0.2, 0.25) is 5.91 Å². The zero-order valence-corrected chi connectivity index (χ0v) is 22.3. The van der Waals surface area contributed by atoms with E-state index >= 15 is 0 Å². The lowest BCUT2D eigenvalue weighted by Gasteiger charge is -2.37. The Morgan fingerprint density at radius 1 is 0.917 bits per heavy atom. The maximum atomic E-state index is 13.4. The molecule has 0 saturated heterocycles. The molecule has 1 aliphatic rings. The summed E-state index contributed by atoms with van der Waals surface area (Å²) in [5.74, 6) is 1.13. The lowest BCUT2D eigenvalue weighted by Crippen LogP contribution is -3.00. The van der Waals surface area contributed by atoms with Crippen LogP contribution in [0.15, 0.2) is 103 Å². The van der Waals surface area contributed by atoms with Crippen molar-refractivity contribution < 1.29 is 26.3 Å². The van der Waals surface area contributed by atoms with E-state index in [9.17, 15) is 4.79 Å². The average Bonchev–Trinajstić information content (AvgIpc) is 3.52. The van der Waals surface area contributed by atoms with Crippen molar-refractivity contribution in [3.8, 4) is 0 Å². The molecule has 5 heteroatoms. The van der Waals surface area contributed by atoms with Gasteiger partial charge in [0.05, 0.1) is 6.54 Å². The van der Waals surface area contributed by atoms with Crippen molar-refractivity contribution in [3.63, 3.8) is 0 Å². The molecule has 36 heavy (non-hydrogen) atoms. The Bertz CT molecular complexity index is 1230. The second kappa shape index (κ2) is 11.3. The summed E-state index contributed by atoms with van der Waals surface area (Å²) in [4.78, 5) is 13.4. The number of aromatic nitrogens is 2. The Kier molecular flexibility index (Phi) is 8.10. The Morgan fingerprint density at radius 2 is 1.47 bits per heavy atom. The van der Waals surface area contributed by atoms with Crippen LogP contribution < -0.4 is 27.3 Å². The van der Waals surface area contributed by atoms with Gasteiger partial charge in [-0.15, -0.1) is 0 Å². The Balaban J connectivity index is 0.00000304. The number of nitrogens with two attached hydrogens (primary N) is 1. The molecule has 1 aromatic heterocycles. The Labute approximate surface area is 224 Å². The lowest BCUT2D eigenvalue weighted by molar-refractivity contribution is -0.702. The van der Waals surface area contributed by atoms with Gasteiger partial charge in [0.1, 0.15) is 23.9 Å². The number of hydrogen-bond donors (Lipinski definition) is 1. The van der Waals surface area contributed by atoms with Crippen LogP contribution in [0.25, 0.3) is 0 Å². The number of rotatable bonds is 8. The third-order valence-corrected chi connectivity index (χ3v) is 7.94. The molecule has 1 aliphatic carbocycles. The summed E-state index contributed by atoms with van der Waals surface area (Å²) >= 11 is 0. The van der Waals surface area contributed by atoms with E-state index in [1.54, 1.807) is 0 Å². The summed E-state index contributed by atoms with van der Waals surface area (Å²) in [5.41, 5.74) is 8.78. The summed E-state index contributed by atoms with van der Waals surface area (Å²) in [7, 11) is 0. The van der Waals surface area contributed by atoms with Gasteiger partial charge in [-0.1, -0.05) is 91.0 Å². The van der Waals surface area contributed by atoms with Gasteiger partial charge in [0.25, 0.3) is 5.82 Å². The average molecular weight is 545 g/mol. The first kappa shape index (κ1) is 25.9. The van der Waals surface area contributed by atoms with Crippen LogP contribution >= 0.6 is 0 Å². The summed E-state index contributed by atoms with van der Waals surface area (Å²) in [6, 6.07) is 31.2. The number of amides is 1. The van der Waals surface area contributed by atoms with Crippen LogP contribution in [0.1, 0.15) is 47.8 Å². The Morgan fingerprint density at radius 3 is 2.03 bits per heavy atom. The fourth-order valence-electron chi connectivity index (χ4n) is 6.16. The van der Waals surface area contributed by atoms with Crippen molar-refractivity contribution >= 4 is 5.91 Å². The summed E-state index contributed by atoms with van der Waals surface area (Å²) in [5, 5.41) is 0. The minimum absolute atomic E-state index is 0. The zero-order valence-electron chi connectivity index (χ0n) is 20.8. The number of benzene rings is 3. The number of hydrogen-bond acceptors (Lipinski definition) is 1. The van der Waals surface area contributed by atoms with Crippen LogP contribution in [0.2, 0.25) is 0 Å². The van der Waals surface area contributed by atoms with Crippen LogP contribution in [0.3, 0.4) is 0 Å². The number of halogens is 1. The molecule has 1 amide bonds. The zero-order chi connectivity index (χ0) is 24.3. The van der Waals surface area contributed by atoms with E-state index < -0.39 is 5.41 Å². The number of aryl methyl sites for hydroxylation is 2. The highest BCUT2D eigenvalue weighted by Gasteiger charge is 2.51. The third kappa shape index (κ3) is 4.77. The van der Waals surface area contributed by atoms with E-state index in [4.69, 9.17) is 5.73 Å². The van der Waals surface area contributed by atoms with Crippen LogP contribution in [0.4, 0.5) is 0 Å². The highest BCUT2D eigenvalue weighted by Crippen LogP contribution is 2.49. The molecular formula is C31H34BrN3O. The van der Waals surface area contributed by atoms with Crippen molar-refractivity contribution in [2.45, 2.75) is 50.6 Å². The van der Waals surface area contributed by atoms with E-state index in [1.807, 2.05) is 36.4 Å². The highest BCUT2D eigenvalue weighted by molar-refractivity contribution is 5.91. The first-order valence-corrected chi connectivity index (χ1v) is 12.6. The van der Waals surface area contributed by atoms with Crippen molar-refractivity contribution in [2.75, 3.05) is 0 Å². The SMILES string of the molecule is Cc1n([C@H]2CC[C@H](C(C(N)=O)(c3ccccc3)c3ccccc3)C2)cc[n+]1CCc1ccccc1.[Br-]. The Hall–Kier alpha value is -3.18. The van der Waals surface area contributed by atoms with Crippen molar-refractivity contribution in [3.05, 3.63) is 126 Å². The van der Waals surface area contributed by atoms with Crippen LogP contribution in [0.5, 0.6) is 0 Å². The molecule has 0 spiro atoms. The quantitative estimate of drug-likeness (QED) is 0.340. The molecular weight excluding hydrogens is 510 g/mol. The highest BCUT2D eigenvalue weighted by atomic mass is 79.9. The number of nitrogens with zero attached hydrogens (tertiary/aromatic N) is 2. The molecule has 0 aliphatic heterocycles. The van der Waals surface area contributed by atoms with Gasteiger partial charge in [-0.05, 0) is 41.9 Å². The minimum Gasteiger partial charge on any atom is -1.00 e. The molecule has 1 fully saturated rings. The third-order valence-electron chi connectivity index (χ3n) is 7.94. The molecule has 4 aromatic rings. The summed E-state index contributed by atoms with van der Waals surface area (Å²) in [6.07, 6.45) is 8.33. The fraction of sp³-hybridized carbons (Fsp3) is 0.290. The van der Waals surface area contributed by atoms with E-state index in [-0.39, 0.29) is 28.8 Å². The van der Waals surface area contributed by atoms with Gasteiger partial charge < -0.3 is 22.7 Å². The van der Waals surface area contributed by atoms with Gasteiger partial charge in [-0.25, -0.2) is 9.13 Å². The molecule has 5 rings (SSSR count). The van der Waals surface area contributed by atoms with E-state index in [1.165, 1.54) is 11.4 Å². The normalized spacial score (nSPS) is 17.5. The van der Waals surface area contributed by atoms with Crippen molar-refractivity contribution in [2.24, 2.45) is 11.7 Å². The molecule has 2 atom stereocenters. The number of primary amides is 1. The molecule has 4 nitrogen and oxygen atoms in total. The lowest BCUT2D eigenvalue weighted by atomic mass is 9.64. The molecule has 186 valence electrons. The summed E-state index contributed by atoms with van der Waals surface area (Å²) in [6.45, 7) is 3.16. The second-order valence-corrected chi connectivity index (χ2v) is 9.75. The predicted octanol–water partition coefficient (Wildman–Crippen LogP) is 2.14. The van der Waals surface area contributed by atoms with E-state index in [2.05, 4.69) is 83.0 Å². The molecule has 0 radical (unpaired) electrons. The predicted molar refractivity (Wildman–Crippen MR) is 139 cm³/mol. The maximum absolute atomic E-state index is 13.4. The molecule has 3 aromatic carbocycles. The smallest absolute Gasteiger partial charge is 0.253 e. The number of imidazole rings is 1. The second-order valence-electron chi connectivity index (χ2n) is 9.75. The van der Waals surface area contributed by atoms with Crippen molar-refractivity contribution in [1.29, 1.82) is 0 Å². The molecule has 0 unspecified atom stereocenters.